The van der Waals surface area contributed by atoms with E-state index in [1.165, 1.54) is 50.7 Å². The topological polar surface area (TPSA) is 60.0 Å². The fourth-order valence-corrected chi connectivity index (χ4v) is 7.68. The van der Waals surface area contributed by atoms with Crippen LogP contribution in [0, 0.1) is 0 Å². The summed E-state index contributed by atoms with van der Waals surface area (Å²) in [4.78, 5) is 13.8. The van der Waals surface area contributed by atoms with E-state index in [-0.39, 0.29) is 18.1 Å². The summed E-state index contributed by atoms with van der Waals surface area (Å²) in [6.45, 7) is 5.80. The Hall–Kier alpha value is -0.123. The number of amides is 1. The lowest BCUT2D eigenvalue weighted by Gasteiger charge is -2.21. The van der Waals surface area contributed by atoms with Gasteiger partial charge in [0.2, 0.25) is 5.91 Å². The van der Waals surface area contributed by atoms with Gasteiger partial charge in [-0.15, -0.1) is 0 Å². The number of nitrogens with zero attached hydrogens (tertiary/aromatic N) is 1. The molecule has 1 N–H and O–H groups in total. The molecule has 1 rings (SSSR count). The van der Waals surface area contributed by atoms with Crippen molar-refractivity contribution in [1.29, 1.82) is 0 Å². The molecule has 0 bridgehead atoms. The standard InChI is InChI=1S/C23H48N2O4SSi/c1-21-22(2)29-31(27-5,28-21)20-14-19-30-18-13-11-9-7-6-8-10-12-15-23(26)24-16-17-25(3)4/h21-22H,6-20H2,1-5H3,(H,24,26). The van der Waals surface area contributed by atoms with Gasteiger partial charge in [0.25, 0.3) is 0 Å². The van der Waals surface area contributed by atoms with E-state index >= 15 is 0 Å². The first-order valence-electron chi connectivity index (χ1n) is 12.3. The van der Waals surface area contributed by atoms with Gasteiger partial charge >= 0.3 is 8.80 Å². The van der Waals surface area contributed by atoms with Crippen LogP contribution in [-0.2, 0) is 18.1 Å². The van der Waals surface area contributed by atoms with Gasteiger partial charge in [-0.3, -0.25) is 4.79 Å². The molecule has 31 heavy (non-hydrogen) atoms. The molecule has 1 amide bonds. The third-order valence-corrected chi connectivity index (χ3v) is 10.0. The number of nitrogens with one attached hydrogen (secondary N) is 1. The number of unbranched alkanes of at least 4 members (excludes halogenated alkanes) is 7. The molecule has 8 heteroatoms. The zero-order valence-electron chi connectivity index (χ0n) is 20.7. The molecular weight excluding hydrogens is 428 g/mol. The summed E-state index contributed by atoms with van der Waals surface area (Å²) in [5.41, 5.74) is 0. The minimum Gasteiger partial charge on any atom is -0.377 e. The zero-order valence-corrected chi connectivity index (χ0v) is 22.6. The highest BCUT2D eigenvalue weighted by molar-refractivity contribution is 7.99. The molecule has 2 atom stereocenters. The lowest BCUT2D eigenvalue weighted by atomic mass is 10.1. The second kappa shape index (κ2) is 17.4. The molecule has 0 radical (unpaired) electrons. The van der Waals surface area contributed by atoms with Gasteiger partial charge in [0.05, 0.1) is 12.2 Å². The number of rotatable bonds is 19. The molecule has 1 heterocycles. The van der Waals surface area contributed by atoms with Crippen LogP contribution in [0.3, 0.4) is 0 Å². The number of carbonyl (C=O) groups is 1. The Morgan fingerprint density at radius 1 is 0.935 bits per heavy atom. The maximum atomic E-state index is 11.7. The van der Waals surface area contributed by atoms with Crippen LogP contribution in [-0.4, -0.2) is 77.6 Å². The highest BCUT2D eigenvalue weighted by atomic mass is 32.2. The quantitative estimate of drug-likeness (QED) is 0.215. The fraction of sp³-hybridized carbons (Fsp3) is 0.957. The molecule has 0 aromatic rings. The average molecular weight is 477 g/mol. The smallest absolute Gasteiger partial charge is 0.377 e. The molecule has 1 saturated heterocycles. The highest BCUT2D eigenvalue weighted by Crippen LogP contribution is 2.30. The molecule has 2 unspecified atom stereocenters. The lowest BCUT2D eigenvalue weighted by molar-refractivity contribution is -0.121. The van der Waals surface area contributed by atoms with E-state index in [0.717, 1.165) is 37.7 Å². The molecule has 1 aliphatic rings. The zero-order chi connectivity index (χ0) is 23.0. The fourth-order valence-electron chi connectivity index (χ4n) is 3.65. The number of carbonyl (C=O) groups excluding carboxylic acids is 1. The van der Waals surface area contributed by atoms with Crippen molar-refractivity contribution in [3.05, 3.63) is 0 Å². The SMILES string of the molecule is CO[Si]1(CCCSCCCCCCCCCCC(=O)NCCN(C)C)OC(C)C(C)O1. The van der Waals surface area contributed by atoms with Crippen LogP contribution in [0.1, 0.15) is 78.1 Å². The van der Waals surface area contributed by atoms with Gasteiger partial charge in [-0.25, -0.2) is 0 Å². The minimum atomic E-state index is -2.39. The number of likely N-dealkylation sites (N-methyl/N-ethyl adjacent to an activating group) is 1. The average Bonchev–Trinajstić information content (AvgIpc) is 3.02. The van der Waals surface area contributed by atoms with Gasteiger partial charge in [-0.1, -0.05) is 38.5 Å². The number of thioether (sulfide) groups is 1. The van der Waals surface area contributed by atoms with Crippen molar-refractivity contribution in [1.82, 2.24) is 10.2 Å². The number of hydrogen-bond acceptors (Lipinski definition) is 6. The van der Waals surface area contributed by atoms with Gasteiger partial charge in [0.1, 0.15) is 0 Å². The maximum Gasteiger partial charge on any atom is 0.501 e. The molecule has 0 aromatic carbocycles. The Labute approximate surface area is 196 Å². The Balaban J connectivity index is 1.82. The van der Waals surface area contributed by atoms with Crippen molar-refractivity contribution < 1.29 is 18.1 Å². The Morgan fingerprint density at radius 3 is 2.06 bits per heavy atom. The summed E-state index contributed by atoms with van der Waals surface area (Å²) in [5, 5.41) is 2.98. The number of hydrogen-bond donors (Lipinski definition) is 1. The van der Waals surface area contributed by atoms with Crippen LogP contribution >= 0.6 is 11.8 Å². The summed E-state index contributed by atoms with van der Waals surface area (Å²) in [5.74, 6) is 2.61. The monoisotopic (exact) mass is 476 g/mol. The van der Waals surface area contributed by atoms with Crippen molar-refractivity contribution in [3.8, 4) is 0 Å². The molecule has 1 fully saturated rings. The molecule has 1 aliphatic heterocycles. The van der Waals surface area contributed by atoms with Crippen LogP contribution in [0.25, 0.3) is 0 Å². The van der Waals surface area contributed by atoms with Crippen LogP contribution < -0.4 is 5.32 Å². The Morgan fingerprint density at radius 2 is 1.48 bits per heavy atom. The first-order chi connectivity index (χ1) is 14.9. The van der Waals surface area contributed by atoms with Crippen molar-refractivity contribution in [2.24, 2.45) is 0 Å². The largest absolute Gasteiger partial charge is 0.501 e. The summed E-state index contributed by atoms with van der Waals surface area (Å²) in [7, 11) is 3.39. The van der Waals surface area contributed by atoms with E-state index < -0.39 is 8.80 Å². The van der Waals surface area contributed by atoms with E-state index in [1.54, 1.807) is 7.11 Å². The normalized spacial score (nSPS) is 23.5. The van der Waals surface area contributed by atoms with Gasteiger partial charge in [0, 0.05) is 32.7 Å². The van der Waals surface area contributed by atoms with Gasteiger partial charge in [-0.05, 0) is 58.7 Å². The van der Waals surface area contributed by atoms with Crippen LogP contribution in [0.15, 0.2) is 0 Å². The van der Waals surface area contributed by atoms with E-state index in [0.29, 0.717) is 6.42 Å². The molecular formula is C23H48N2O4SSi. The molecule has 0 aliphatic carbocycles. The van der Waals surface area contributed by atoms with Crippen LogP contribution in [0.2, 0.25) is 6.04 Å². The lowest BCUT2D eigenvalue weighted by Crippen LogP contribution is -2.40. The molecule has 0 saturated carbocycles. The summed E-state index contributed by atoms with van der Waals surface area (Å²) in [6.07, 6.45) is 12.1. The van der Waals surface area contributed by atoms with Gasteiger partial charge in [0.15, 0.2) is 0 Å². The minimum absolute atomic E-state index is 0.150. The van der Waals surface area contributed by atoms with E-state index in [4.69, 9.17) is 13.3 Å². The highest BCUT2D eigenvalue weighted by Gasteiger charge is 2.49. The predicted molar refractivity (Wildman–Crippen MR) is 134 cm³/mol. The van der Waals surface area contributed by atoms with Crippen LogP contribution in [0.4, 0.5) is 0 Å². The molecule has 184 valence electrons. The molecule has 0 spiro atoms. The Kier molecular flexibility index (Phi) is 16.2. The van der Waals surface area contributed by atoms with Gasteiger partial charge in [-0.2, -0.15) is 11.8 Å². The summed E-state index contributed by atoms with van der Waals surface area (Å²) in [6, 6.07) is 0.933. The first kappa shape index (κ1) is 28.9. The predicted octanol–water partition coefficient (Wildman–Crippen LogP) is 4.71. The molecule has 6 nitrogen and oxygen atoms in total. The second-order valence-corrected chi connectivity index (χ2v) is 13.0. The first-order valence-corrected chi connectivity index (χ1v) is 15.4. The third kappa shape index (κ3) is 13.9. The van der Waals surface area contributed by atoms with Crippen molar-refractivity contribution >= 4 is 26.5 Å². The van der Waals surface area contributed by atoms with E-state index in [2.05, 4.69) is 24.1 Å². The second-order valence-electron chi connectivity index (χ2n) is 8.98. The van der Waals surface area contributed by atoms with E-state index in [9.17, 15) is 4.79 Å². The molecule has 0 aromatic heterocycles. The van der Waals surface area contributed by atoms with Crippen molar-refractivity contribution in [3.63, 3.8) is 0 Å². The summed E-state index contributed by atoms with van der Waals surface area (Å²) < 4.78 is 17.7. The summed E-state index contributed by atoms with van der Waals surface area (Å²) >= 11 is 2.05. The van der Waals surface area contributed by atoms with Gasteiger partial charge < -0.3 is 23.5 Å². The van der Waals surface area contributed by atoms with Crippen molar-refractivity contribution in [2.45, 2.75) is 96.3 Å². The third-order valence-electron chi connectivity index (χ3n) is 5.80. The Bertz CT molecular complexity index is 461. The maximum absolute atomic E-state index is 11.7. The van der Waals surface area contributed by atoms with E-state index in [1.807, 2.05) is 25.9 Å². The van der Waals surface area contributed by atoms with Crippen molar-refractivity contribution in [2.75, 3.05) is 45.8 Å². The van der Waals surface area contributed by atoms with Crippen LogP contribution in [0.5, 0.6) is 0 Å².